The second kappa shape index (κ2) is 9.54. The van der Waals surface area contributed by atoms with Crippen LogP contribution >= 0.6 is 0 Å². The molecule has 0 amide bonds. The number of carbonyl (C=O) groups is 3. The highest BCUT2D eigenvalue weighted by atomic mass is 28.3. The minimum absolute atomic E-state index is 0.00366. The SMILES string of the molecule is C[Si](C)(C)N(CCCCN(CC(=O)O)CC(=O)O)CC(=O)O. The third-order valence-corrected chi connectivity index (χ3v) is 5.42. The van der Waals surface area contributed by atoms with Gasteiger partial charge in [0.1, 0.15) is 8.24 Å². The number of carboxylic acids is 3. The van der Waals surface area contributed by atoms with E-state index in [-0.39, 0.29) is 19.6 Å². The first-order valence-electron chi connectivity index (χ1n) is 7.15. The number of rotatable bonds is 12. The van der Waals surface area contributed by atoms with Gasteiger partial charge in [0.25, 0.3) is 0 Å². The zero-order valence-corrected chi connectivity index (χ0v) is 14.4. The van der Waals surface area contributed by atoms with Crippen molar-refractivity contribution in [1.82, 2.24) is 9.47 Å². The van der Waals surface area contributed by atoms with Crippen LogP contribution in [0.1, 0.15) is 12.8 Å². The van der Waals surface area contributed by atoms with Crippen LogP contribution in [0.4, 0.5) is 0 Å². The molecule has 9 heteroatoms. The molecule has 0 radical (unpaired) electrons. The Balaban J connectivity index is 4.30. The average molecular weight is 334 g/mol. The molecule has 0 atom stereocenters. The number of nitrogens with zero attached hydrogens (tertiary/aromatic N) is 2. The Bertz CT molecular complexity index is 380. The highest BCUT2D eigenvalue weighted by molar-refractivity contribution is 6.73. The van der Waals surface area contributed by atoms with Crippen LogP contribution < -0.4 is 0 Å². The van der Waals surface area contributed by atoms with Gasteiger partial charge in [-0.25, -0.2) is 0 Å². The van der Waals surface area contributed by atoms with Crippen molar-refractivity contribution in [3.8, 4) is 0 Å². The minimum atomic E-state index is -1.73. The van der Waals surface area contributed by atoms with E-state index in [1.807, 2.05) is 4.57 Å². The van der Waals surface area contributed by atoms with Gasteiger partial charge < -0.3 is 19.9 Å². The van der Waals surface area contributed by atoms with E-state index in [9.17, 15) is 14.4 Å². The van der Waals surface area contributed by atoms with E-state index in [4.69, 9.17) is 15.3 Å². The molecule has 0 rings (SSSR count). The summed E-state index contributed by atoms with van der Waals surface area (Å²) in [7, 11) is -1.73. The Hall–Kier alpha value is -1.45. The van der Waals surface area contributed by atoms with Gasteiger partial charge >= 0.3 is 17.9 Å². The topological polar surface area (TPSA) is 118 Å². The predicted octanol–water partition coefficient (Wildman–Crippen LogP) is 0.459. The fourth-order valence-corrected chi connectivity index (χ4v) is 3.49. The maximum absolute atomic E-state index is 10.9. The van der Waals surface area contributed by atoms with Crippen molar-refractivity contribution in [3.05, 3.63) is 0 Å². The summed E-state index contributed by atoms with van der Waals surface area (Å²) in [4.78, 5) is 33.6. The van der Waals surface area contributed by atoms with E-state index >= 15 is 0 Å². The summed E-state index contributed by atoms with van der Waals surface area (Å²) < 4.78 is 1.97. The van der Waals surface area contributed by atoms with Crippen molar-refractivity contribution in [2.45, 2.75) is 32.5 Å². The normalized spacial score (nSPS) is 11.9. The molecule has 0 aliphatic carbocycles. The minimum Gasteiger partial charge on any atom is -0.480 e. The number of hydrogen-bond acceptors (Lipinski definition) is 5. The summed E-state index contributed by atoms with van der Waals surface area (Å²) in [6.45, 7) is 6.58. The molecule has 128 valence electrons. The van der Waals surface area contributed by atoms with Crippen LogP contribution in [0.5, 0.6) is 0 Å². The van der Waals surface area contributed by atoms with Crippen LogP contribution in [0.3, 0.4) is 0 Å². The average Bonchev–Trinajstić information content (AvgIpc) is 2.29. The predicted molar refractivity (Wildman–Crippen MR) is 83.5 cm³/mol. The van der Waals surface area contributed by atoms with E-state index in [1.165, 1.54) is 4.90 Å². The van der Waals surface area contributed by atoms with Gasteiger partial charge in [-0.05, 0) is 25.9 Å². The first-order valence-corrected chi connectivity index (χ1v) is 10.6. The van der Waals surface area contributed by atoms with Crippen LogP contribution in [0.25, 0.3) is 0 Å². The first-order chi connectivity index (χ1) is 10.0. The maximum atomic E-state index is 10.9. The molecule has 0 spiro atoms. The second-order valence-corrected chi connectivity index (χ2v) is 11.2. The summed E-state index contributed by atoms with van der Waals surface area (Å²) >= 11 is 0. The molecule has 0 aromatic rings. The van der Waals surface area contributed by atoms with Gasteiger partial charge in [0.2, 0.25) is 0 Å². The third-order valence-electron chi connectivity index (χ3n) is 3.14. The highest BCUT2D eigenvalue weighted by Crippen LogP contribution is 2.10. The zero-order valence-electron chi connectivity index (χ0n) is 13.4. The lowest BCUT2D eigenvalue weighted by Crippen LogP contribution is -2.49. The molecule has 0 saturated heterocycles. The molecular formula is C13H26N2O6Si. The number of hydrogen-bond donors (Lipinski definition) is 3. The molecule has 0 bridgehead atoms. The van der Waals surface area contributed by atoms with Crippen LogP contribution in [-0.2, 0) is 14.4 Å². The van der Waals surface area contributed by atoms with E-state index in [0.717, 1.165) is 0 Å². The van der Waals surface area contributed by atoms with Crippen molar-refractivity contribution >= 4 is 26.1 Å². The van der Waals surface area contributed by atoms with Gasteiger partial charge in [-0.2, -0.15) is 0 Å². The Morgan fingerprint density at radius 2 is 1.18 bits per heavy atom. The lowest BCUT2D eigenvalue weighted by molar-refractivity contribution is -0.142. The van der Waals surface area contributed by atoms with Crippen LogP contribution in [0, 0.1) is 0 Å². The quantitative estimate of drug-likeness (QED) is 0.348. The molecule has 22 heavy (non-hydrogen) atoms. The van der Waals surface area contributed by atoms with Crippen molar-refractivity contribution < 1.29 is 29.7 Å². The lowest BCUT2D eigenvalue weighted by Gasteiger charge is -2.32. The Morgan fingerprint density at radius 1 is 0.773 bits per heavy atom. The molecule has 0 aromatic heterocycles. The second-order valence-electron chi connectivity index (χ2n) is 6.19. The summed E-state index contributed by atoms with van der Waals surface area (Å²) in [5.41, 5.74) is 0. The van der Waals surface area contributed by atoms with Gasteiger partial charge in [-0.1, -0.05) is 19.6 Å². The number of aliphatic carboxylic acids is 3. The number of unbranched alkanes of at least 4 members (excludes halogenated alkanes) is 1. The smallest absolute Gasteiger partial charge is 0.317 e. The van der Waals surface area contributed by atoms with Crippen LogP contribution in [-0.4, -0.2) is 83.7 Å². The fourth-order valence-electron chi connectivity index (χ4n) is 2.05. The fraction of sp³-hybridized carbons (Fsp3) is 0.769. The lowest BCUT2D eigenvalue weighted by atomic mass is 10.3. The van der Waals surface area contributed by atoms with Crippen molar-refractivity contribution in [1.29, 1.82) is 0 Å². The van der Waals surface area contributed by atoms with Crippen molar-refractivity contribution in [2.24, 2.45) is 0 Å². The van der Waals surface area contributed by atoms with Gasteiger partial charge in [-0.3, -0.25) is 19.3 Å². The summed E-state index contributed by atoms with van der Waals surface area (Å²) in [6.07, 6.45) is 1.33. The first kappa shape index (κ1) is 20.5. The summed E-state index contributed by atoms with van der Waals surface area (Å²) in [5, 5.41) is 26.4. The van der Waals surface area contributed by atoms with E-state index < -0.39 is 26.1 Å². The Morgan fingerprint density at radius 3 is 1.55 bits per heavy atom. The molecule has 0 aliphatic heterocycles. The van der Waals surface area contributed by atoms with Crippen LogP contribution in [0.2, 0.25) is 19.6 Å². The molecular weight excluding hydrogens is 308 g/mol. The maximum Gasteiger partial charge on any atom is 0.317 e. The standard InChI is InChI=1S/C13H26N2O6Si/c1-22(2,3)15(10-13(20)21)7-5-4-6-14(8-11(16)17)9-12(18)19/h4-10H2,1-3H3,(H,16,17)(H,18,19)(H,20,21). The molecule has 8 nitrogen and oxygen atoms in total. The van der Waals surface area contributed by atoms with Gasteiger partial charge in [0.15, 0.2) is 0 Å². The van der Waals surface area contributed by atoms with E-state index in [1.54, 1.807) is 0 Å². The highest BCUT2D eigenvalue weighted by Gasteiger charge is 2.25. The van der Waals surface area contributed by atoms with Crippen LogP contribution in [0.15, 0.2) is 0 Å². The summed E-state index contributed by atoms with van der Waals surface area (Å²) in [6, 6.07) is 0. The van der Waals surface area contributed by atoms with Gasteiger partial charge in [0, 0.05) is 0 Å². The Kier molecular flexibility index (Phi) is 8.91. The summed E-state index contributed by atoms with van der Waals surface area (Å²) in [5.74, 6) is -2.98. The molecule has 3 N–H and O–H groups in total. The third kappa shape index (κ3) is 10.3. The van der Waals surface area contributed by atoms with Crippen molar-refractivity contribution in [3.63, 3.8) is 0 Å². The van der Waals surface area contributed by atoms with E-state index in [0.29, 0.717) is 25.9 Å². The molecule has 0 saturated carbocycles. The monoisotopic (exact) mass is 334 g/mol. The Labute approximate surface area is 131 Å². The zero-order chi connectivity index (χ0) is 17.3. The molecule has 0 fully saturated rings. The van der Waals surface area contributed by atoms with E-state index in [2.05, 4.69) is 19.6 Å². The van der Waals surface area contributed by atoms with Crippen molar-refractivity contribution in [2.75, 3.05) is 32.7 Å². The molecule has 0 aliphatic rings. The number of carboxylic acid groups (broad SMARTS) is 3. The van der Waals surface area contributed by atoms with Gasteiger partial charge in [-0.15, -0.1) is 0 Å². The largest absolute Gasteiger partial charge is 0.480 e. The molecule has 0 heterocycles. The molecule has 0 unspecified atom stereocenters. The molecule has 0 aromatic carbocycles. The van der Waals surface area contributed by atoms with Gasteiger partial charge in [0.05, 0.1) is 19.6 Å².